The van der Waals surface area contributed by atoms with Gasteiger partial charge in [0, 0.05) is 34.1 Å². The molecule has 7 rings (SSSR count). The van der Waals surface area contributed by atoms with Crippen molar-refractivity contribution in [1.29, 1.82) is 0 Å². The first kappa shape index (κ1) is 37.5. The first-order valence-corrected chi connectivity index (χ1v) is 20.6. The number of urea groups is 1. The molecule has 5 amide bonds. The number of nitrogens with zero attached hydrogens (tertiary/aromatic N) is 2. The molecule has 1 aromatic heterocycles. The molecule has 2 saturated carbocycles. The van der Waals surface area contributed by atoms with Gasteiger partial charge in [-0.3, -0.25) is 19.1 Å². The molecule has 12 heteroatoms. The Labute approximate surface area is 317 Å². The standard InChI is InChI=1S/C41H56N6O5S/c1-26-14-8-6-5-7-9-19-32(44-38(51)43-28-15-10-11-16-28)36(49)47-25-41(21-20-30-29-17-12-13-18-31(29)42-27(2)34(30)52-41)24-33(47)35(48)45-40(26,4)37(50)46-53-39(3)22-23-39/h8,12-14,17-18,26,28,32-33H,5-7,9-11,15-16,19-25H2,1-4H3,(H,45,48)(H,46,50)(H2,43,44,51)/b14-8-/t26-,32-,33-,40+,41+/m0/s1. The summed E-state index contributed by atoms with van der Waals surface area (Å²) in [7, 11) is 0. The smallest absolute Gasteiger partial charge is 0.315 e. The van der Waals surface area contributed by atoms with Crippen molar-refractivity contribution in [3.05, 3.63) is 47.7 Å². The zero-order valence-corrected chi connectivity index (χ0v) is 32.5. The minimum Gasteiger partial charge on any atom is -0.483 e. The maximum Gasteiger partial charge on any atom is 0.315 e. The highest BCUT2D eigenvalue weighted by molar-refractivity contribution is 7.99. The zero-order valence-electron chi connectivity index (χ0n) is 31.7. The molecule has 286 valence electrons. The van der Waals surface area contributed by atoms with Crippen LogP contribution in [-0.2, 0) is 20.8 Å². The lowest BCUT2D eigenvalue weighted by atomic mass is 9.84. The molecule has 5 atom stereocenters. The summed E-state index contributed by atoms with van der Waals surface area (Å²) >= 11 is 1.42. The van der Waals surface area contributed by atoms with Crippen LogP contribution in [0.25, 0.3) is 10.9 Å². The Kier molecular flexibility index (Phi) is 10.7. The first-order chi connectivity index (χ1) is 25.4. The quantitative estimate of drug-likeness (QED) is 0.212. The van der Waals surface area contributed by atoms with E-state index in [1.54, 1.807) is 11.8 Å². The van der Waals surface area contributed by atoms with Crippen LogP contribution < -0.4 is 25.4 Å². The Morgan fingerprint density at radius 1 is 1.00 bits per heavy atom. The van der Waals surface area contributed by atoms with Gasteiger partial charge in [-0.1, -0.05) is 63.0 Å². The number of amides is 5. The van der Waals surface area contributed by atoms with Gasteiger partial charge in [0.1, 0.15) is 29.0 Å². The van der Waals surface area contributed by atoms with Crippen LogP contribution in [0.15, 0.2) is 36.4 Å². The normalized spacial score (nSPS) is 31.0. The van der Waals surface area contributed by atoms with Crippen LogP contribution in [0.1, 0.15) is 115 Å². The van der Waals surface area contributed by atoms with Crippen LogP contribution >= 0.6 is 11.9 Å². The van der Waals surface area contributed by atoms with Crippen molar-refractivity contribution in [3.8, 4) is 5.75 Å². The van der Waals surface area contributed by atoms with E-state index in [9.17, 15) is 19.2 Å². The van der Waals surface area contributed by atoms with Crippen LogP contribution in [0.4, 0.5) is 4.79 Å². The lowest BCUT2D eigenvalue weighted by Crippen LogP contribution is -2.63. The zero-order chi connectivity index (χ0) is 37.4. The van der Waals surface area contributed by atoms with Crippen molar-refractivity contribution < 1.29 is 23.9 Å². The fourth-order valence-corrected chi connectivity index (χ4v) is 9.39. The fraction of sp³-hybridized carbons (Fsp3) is 0.634. The van der Waals surface area contributed by atoms with Gasteiger partial charge in [-0.05, 0) is 96.6 Å². The van der Waals surface area contributed by atoms with Crippen molar-refractivity contribution in [3.63, 3.8) is 0 Å². The van der Waals surface area contributed by atoms with Gasteiger partial charge in [0.2, 0.25) is 11.8 Å². The van der Waals surface area contributed by atoms with E-state index in [4.69, 9.17) is 9.72 Å². The number of carbonyl (C=O) groups is 4. The van der Waals surface area contributed by atoms with E-state index >= 15 is 0 Å². The second-order valence-corrected chi connectivity index (χ2v) is 18.1. The number of benzene rings is 1. The predicted octanol–water partition coefficient (Wildman–Crippen LogP) is 6.17. The number of carbonyl (C=O) groups excluding carboxylic acids is 4. The number of fused-ring (bicyclic) bond motifs is 4. The molecule has 0 unspecified atom stereocenters. The van der Waals surface area contributed by atoms with Crippen molar-refractivity contribution in [2.75, 3.05) is 6.54 Å². The van der Waals surface area contributed by atoms with Gasteiger partial charge < -0.3 is 25.6 Å². The number of para-hydroxylation sites is 1. The largest absolute Gasteiger partial charge is 0.483 e. The van der Waals surface area contributed by atoms with Gasteiger partial charge in [-0.15, -0.1) is 0 Å². The molecule has 2 aromatic rings. The van der Waals surface area contributed by atoms with Gasteiger partial charge in [-0.2, -0.15) is 0 Å². The number of hydrogen-bond donors (Lipinski definition) is 4. The maximum atomic E-state index is 14.8. The Morgan fingerprint density at radius 3 is 2.53 bits per heavy atom. The van der Waals surface area contributed by atoms with Crippen LogP contribution in [0.5, 0.6) is 5.75 Å². The van der Waals surface area contributed by atoms with Crippen molar-refractivity contribution in [1.82, 2.24) is 30.6 Å². The number of aryl methyl sites for hydroxylation is 2. The van der Waals surface area contributed by atoms with Crippen LogP contribution in [0.2, 0.25) is 0 Å². The molecular weight excluding hydrogens is 689 g/mol. The number of hydrogen-bond acceptors (Lipinski definition) is 7. The molecule has 11 nitrogen and oxygen atoms in total. The van der Waals surface area contributed by atoms with E-state index in [0.29, 0.717) is 25.0 Å². The Morgan fingerprint density at radius 2 is 1.75 bits per heavy atom. The highest BCUT2D eigenvalue weighted by Crippen LogP contribution is 2.47. The van der Waals surface area contributed by atoms with Gasteiger partial charge >= 0.3 is 6.03 Å². The van der Waals surface area contributed by atoms with E-state index in [-0.39, 0.29) is 47.5 Å². The molecule has 1 spiro atoms. The Bertz CT molecular complexity index is 1770. The molecule has 1 saturated heterocycles. The summed E-state index contributed by atoms with van der Waals surface area (Å²) < 4.78 is 10.0. The van der Waals surface area contributed by atoms with Crippen molar-refractivity contribution in [2.24, 2.45) is 5.92 Å². The summed E-state index contributed by atoms with van der Waals surface area (Å²) in [5, 5.41) is 10.3. The lowest BCUT2D eigenvalue weighted by molar-refractivity contribution is -0.142. The summed E-state index contributed by atoms with van der Waals surface area (Å²) in [6.45, 7) is 8.00. The number of ether oxygens (including phenoxy) is 1. The van der Waals surface area contributed by atoms with Crippen molar-refractivity contribution in [2.45, 2.75) is 152 Å². The summed E-state index contributed by atoms with van der Waals surface area (Å²) in [4.78, 5) is 63.4. The van der Waals surface area contributed by atoms with Gasteiger partial charge in [0.05, 0.1) is 17.8 Å². The molecule has 5 aliphatic rings. The van der Waals surface area contributed by atoms with Crippen molar-refractivity contribution >= 4 is 46.6 Å². The molecule has 53 heavy (non-hydrogen) atoms. The molecule has 4 heterocycles. The third-order valence-electron chi connectivity index (χ3n) is 12.4. The average molecular weight is 745 g/mol. The van der Waals surface area contributed by atoms with E-state index in [2.05, 4.69) is 39.7 Å². The summed E-state index contributed by atoms with van der Waals surface area (Å²) in [6, 6.07) is 6.08. The molecule has 2 aliphatic carbocycles. The average Bonchev–Trinajstić information content (AvgIpc) is 3.47. The van der Waals surface area contributed by atoms with Crippen LogP contribution in [0, 0.1) is 12.8 Å². The third kappa shape index (κ3) is 8.03. The monoisotopic (exact) mass is 744 g/mol. The summed E-state index contributed by atoms with van der Waals surface area (Å²) in [5.41, 5.74) is 0.648. The molecular formula is C41H56N6O5S. The second kappa shape index (κ2) is 15.1. The minimum atomic E-state index is -1.28. The first-order valence-electron chi connectivity index (χ1n) is 19.8. The fourth-order valence-electron chi connectivity index (χ4n) is 8.53. The minimum absolute atomic E-state index is 0.00888. The topological polar surface area (TPSA) is 142 Å². The van der Waals surface area contributed by atoms with Gasteiger partial charge in [0.25, 0.3) is 5.91 Å². The molecule has 0 bridgehead atoms. The number of allylic oxidation sites excluding steroid dienone is 1. The van der Waals surface area contributed by atoms with E-state index < -0.39 is 29.1 Å². The number of rotatable bonds is 5. The van der Waals surface area contributed by atoms with Crippen LogP contribution in [-0.4, -0.2) is 74.2 Å². The SMILES string of the molecule is Cc1nc2ccccc2c2c1O[C@]1(CC2)C[C@H]2C(=O)N[C@@](C)(C(=O)NSC3(C)CC3)[C@@H](C)/C=C\CCCCC[C@H](NC(=O)NC3CCCC3)C(=O)N2C1. The molecule has 0 radical (unpaired) electrons. The molecule has 3 fully saturated rings. The van der Waals surface area contributed by atoms with Gasteiger partial charge in [0.15, 0.2) is 0 Å². The summed E-state index contributed by atoms with van der Waals surface area (Å²) in [6.07, 6.45) is 15.6. The van der Waals surface area contributed by atoms with E-state index in [1.807, 2.05) is 38.1 Å². The molecule has 3 aliphatic heterocycles. The van der Waals surface area contributed by atoms with E-state index in [0.717, 1.165) is 86.4 Å². The molecule has 4 N–H and O–H groups in total. The molecule has 1 aromatic carbocycles. The number of aromatic nitrogens is 1. The summed E-state index contributed by atoms with van der Waals surface area (Å²) in [5.74, 6) is -0.573. The Hall–Kier alpha value is -3.80. The number of pyridine rings is 1. The lowest BCUT2D eigenvalue weighted by Gasteiger charge is -2.36. The van der Waals surface area contributed by atoms with Crippen LogP contribution in [0.3, 0.4) is 0 Å². The second-order valence-electron chi connectivity index (χ2n) is 16.7. The highest BCUT2D eigenvalue weighted by atomic mass is 32.2. The number of nitrogens with one attached hydrogen (secondary N) is 4. The van der Waals surface area contributed by atoms with E-state index in [1.165, 1.54) is 11.9 Å². The highest BCUT2D eigenvalue weighted by Gasteiger charge is 2.54. The third-order valence-corrected chi connectivity index (χ3v) is 13.6. The maximum absolute atomic E-state index is 14.8. The Balaban J connectivity index is 1.21. The van der Waals surface area contributed by atoms with Gasteiger partial charge in [-0.25, -0.2) is 9.78 Å². The predicted molar refractivity (Wildman–Crippen MR) is 207 cm³/mol.